The van der Waals surface area contributed by atoms with Crippen LogP contribution in [-0.4, -0.2) is 16.9 Å². The number of nitrogens with one attached hydrogen (secondary N) is 2. The summed E-state index contributed by atoms with van der Waals surface area (Å²) in [6.07, 6.45) is 0. The maximum absolute atomic E-state index is 12.2. The van der Waals surface area contributed by atoms with Gasteiger partial charge in [-0.2, -0.15) is 0 Å². The number of carbonyl (C=O) groups excluding carboxylic acids is 2. The van der Waals surface area contributed by atoms with Crippen LogP contribution in [0.2, 0.25) is 0 Å². The minimum Gasteiger partial charge on any atom is -0.506 e. The Bertz CT molecular complexity index is 776. The van der Waals surface area contributed by atoms with Crippen LogP contribution in [0.5, 0.6) is 5.75 Å². The van der Waals surface area contributed by atoms with Crippen LogP contribution in [0.3, 0.4) is 0 Å². The summed E-state index contributed by atoms with van der Waals surface area (Å²) in [5.74, 6) is -1.70. The van der Waals surface area contributed by atoms with E-state index in [0.29, 0.717) is 5.69 Å². The Hall–Kier alpha value is -2.82. The van der Waals surface area contributed by atoms with Gasteiger partial charge in [-0.15, -0.1) is 0 Å². The van der Waals surface area contributed by atoms with Crippen LogP contribution >= 0.6 is 0 Å². The molecular formula is C19H22N2O3. The van der Waals surface area contributed by atoms with E-state index in [-0.39, 0.29) is 16.9 Å². The number of rotatable bonds is 2. The Morgan fingerprint density at radius 2 is 1.50 bits per heavy atom. The van der Waals surface area contributed by atoms with Crippen LogP contribution in [0.4, 0.5) is 11.4 Å². The molecule has 0 unspecified atom stereocenters. The molecule has 0 radical (unpaired) electrons. The molecule has 0 aliphatic rings. The molecule has 0 bridgehead atoms. The van der Waals surface area contributed by atoms with Crippen LogP contribution in [0.1, 0.15) is 31.9 Å². The Morgan fingerprint density at radius 3 is 2.08 bits per heavy atom. The molecule has 2 amide bonds. The number of benzene rings is 2. The van der Waals surface area contributed by atoms with Crippen molar-refractivity contribution in [2.24, 2.45) is 0 Å². The van der Waals surface area contributed by atoms with Crippen molar-refractivity contribution >= 4 is 23.2 Å². The van der Waals surface area contributed by atoms with E-state index in [0.717, 1.165) is 11.1 Å². The van der Waals surface area contributed by atoms with E-state index in [1.165, 1.54) is 6.07 Å². The standard InChI is InChI=1S/C19H22N2O3/c1-12-9-10-15(16(22)11-12)21-18(24)17(23)20-14-8-6-5-7-13(14)19(2,3)4/h5-11,22H,1-4H3,(H,20,23)(H,21,24). The molecule has 0 atom stereocenters. The van der Waals surface area contributed by atoms with Gasteiger partial charge in [0, 0.05) is 5.69 Å². The number of hydrogen-bond acceptors (Lipinski definition) is 3. The predicted octanol–water partition coefficient (Wildman–Crippen LogP) is 3.58. The number of hydrogen-bond donors (Lipinski definition) is 3. The molecule has 0 aromatic heterocycles. The zero-order valence-electron chi connectivity index (χ0n) is 14.3. The normalized spacial score (nSPS) is 11.0. The first-order chi connectivity index (χ1) is 11.2. The molecule has 2 rings (SSSR count). The van der Waals surface area contributed by atoms with Crippen molar-refractivity contribution in [3.8, 4) is 5.75 Å². The van der Waals surface area contributed by atoms with E-state index in [2.05, 4.69) is 10.6 Å². The van der Waals surface area contributed by atoms with Gasteiger partial charge in [0.05, 0.1) is 5.69 Å². The van der Waals surface area contributed by atoms with Crippen LogP contribution in [0, 0.1) is 6.92 Å². The first-order valence-corrected chi connectivity index (χ1v) is 7.70. The lowest BCUT2D eigenvalue weighted by molar-refractivity contribution is -0.133. The molecule has 2 aromatic rings. The predicted molar refractivity (Wildman–Crippen MR) is 95.2 cm³/mol. The van der Waals surface area contributed by atoms with Gasteiger partial charge in [0.15, 0.2) is 0 Å². The summed E-state index contributed by atoms with van der Waals surface area (Å²) >= 11 is 0. The van der Waals surface area contributed by atoms with Gasteiger partial charge in [0.2, 0.25) is 0 Å². The van der Waals surface area contributed by atoms with E-state index < -0.39 is 11.8 Å². The Morgan fingerprint density at radius 1 is 0.917 bits per heavy atom. The third-order valence-corrected chi connectivity index (χ3v) is 3.59. The summed E-state index contributed by atoms with van der Waals surface area (Å²) in [6, 6.07) is 12.2. The minimum absolute atomic E-state index is 0.0776. The molecule has 0 saturated heterocycles. The van der Waals surface area contributed by atoms with Gasteiger partial charge in [-0.3, -0.25) is 9.59 Å². The summed E-state index contributed by atoms with van der Waals surface area (Å²) in [4.78, 5) is 24.3. The van der Waals surface area contributed by atoms with Gasteiger partial charge >= 0.3 is 11.8 Å². The summed E-state index contributed by atoms with van der Waals surface area (Å²) in [5.41, 5.74) is 2.41. The third-order valence-electron chi connectivity index (χ3n) is 3.59. The summed E-state index contributed by atoms with van der Waals surface area (Å²) < 4.78 is 0. The van der Waals surface area contributed by atoms with E-state index in [4.69, 9.17) is 0 Å². The number of phenolic OH excluding ortho intramolecular Hbond substituents is 1. The second kappa shape index (κ2) is 6.74. The van der Waals surface area contributed by atoms with Crippen molar-refractivity contribution in [3.63, 3.8) is 0 Å². The van der Waals surface area contributed by atoms with E-state index >= 15 is 0 Å². The average molecular weight is 326 g/mol. The molecule has 0 saturated carbocycles. The van der Waals surface area contributed by atoms with Gasteiger partial charge in [-0.1, -0.05) is 45.0 Å². The molecule has 24 heavy (non-hydrogen) atoms. The van der Waals surface area contributed by atoms with Crippen LogP contribution < -0.4 is 10.6 Å². The van der Waals surface area contributed by atoms with Crippen molar-refractivity contribution in [2.75, 3.05) is 10.6 Å². The molecule has 3 N–H and O–H groups in total. The number of phenols is 1. The molecule has 0 heterocycles. The summed E-state index contributed by atoms with van der Waals surface area (Å²) in [7, 11) is 0. The first kappa shape index (κ1) is 17.5. The summed E-state index contributed by atoms with van der Waals surface area (Å²) in [5, 5.41) is 14.9. The van der Waals surface area contributed by atoms with Gasteiger partial charge in [0.25, 0.3) is 0 Å². The lowest BCUT2D eigenvalue weighted by Gasteiger charge is -2.22. The molecular weight excluding hydrogens is 304 g/mol. The maximum atomic E-state index is 12.2. The zero-order chi connectivity index (χ0) is 17.9. The van der Waals surface area contributed by atoms with E-state index in [1.54, 1.807) is 24.3 Å². The van der Waals surface area contributed by atoms with Crippen LogP contribution in [-0.2, 0) is 15.0 Å². The number of para-hydroxylation sites is 1. The minimum atomic E-state index is -0.835. The highest BCUT2D eigenvalue weighted by atomic mass is 16.3. The second-order valence-electron chi connectivity index (χ2n) is 6.72. The molecule has 5 nitrogen and oxygen atoms in total. The number of carbonyl (C=O) groups is 2. The fourth-order valence-electron chi connectivity index (χ4n) is 2.35. The second-order valence-corrected chi connectivity index (χ2v) is 6.72. The molecule has 126 valence electrons. The fraction of sp³-hybridized carbons (Fsp3) is 0.263. The molecule has 0 aliphatic heterocycles. The van der Waals surface area contributed by atoms with Crippen molar-refractivity contribution < 1.29 is 14.7 Å². The topological polar surface area (TPSA) is 78.4 Å². The van der Waals surface area contributed by atoms with E-state index in [9.17, 15) is 14.7 Å². The SMILES string of the molecule is Cc1ccc(NC(=O)C(=O)Nc2ccccc2C(C)(C)C)c(O)c1. The number of aryl methyl sites for hydroxylation is 1. The maximum Gasteiger partial charge on any atom is 0.314 e. The Labute approximate surface area is 141 Å². The quantitative estimate of drug-likeness (QED) is 0.583. The lowest BCUT2D eigenvalue weighted by Crippen LogP contribution is -2.30. The Kier molecular flexibility index (Phi) is 4.93. The highest BCUT2D eigenvalue weighted by Gasteiger charge is 2.21. The van der Waals surface area contributed by atoms with Crippen LogP contribution in [0.15, 0.2) is 42.5 Å². The smallest absolute Gasteiger partial charge is 0.314 e. The first-order valence-electron chi connectivity index (χ1n) is 7.70. The van der Waals surface area contributed by atoms with Crippen LogP contribution in [0.25, 0.3) is 0 Å². The van der Waals surface area contributed by atoms with Gasteiger partial charge in [-0.25, -0.2) is 0 Å². The molecule has 0 aliphatic carbocycles. The molecule has 0 spiro atoms. The molecule has 5 heteroatoms. The highest BCUT2D eigenvalue weighted by Crippen LogP contribution is 2.29. The monoisotopic (exact) mass is 326 g/mol. The van der Waals surface area contributed by atoms with Crippen molar-refractivity contribution in [1.29, 1.82) is 0 Å². The van der Waals surface area contributed by atoms with Gasteiger partial charge in [-0.05, 0) is 41.7 Å². The Balaban J connectivity index is 2.14. The van der Waals surface area contributed by atoms with Crippen molar-refractivity contribution in [3.05, 3.63) is 53.6 Å². The van der Waals surface area contributed by atoms with Gasteiger partial charge < -0.3 is 15.7 Å². The third kappa shape index (κ3) is 4.13. The van der Waals surface area contributed by atoms with Gasteiger partial charge in [0.1, 0.15) is 5.75 Å². The largest absolute Gasteiger partial charge is 0.506 e. The number of aromatic hydroxyl groups is 1. The van der Waals surface area contributed by atoms with Crippen molar-refractivity contribution in [2.45, 2.75) is 33.1 Å². The molecule has 0 fully saturated rings. The highest BCUT2D eigenvalue weighted by molar-refractivity contribution is 6.43. The summed E-state index contributed by atoms with van der Waals surface area (Å²) in [6.45, 7) is 7.91. The van der Waals surface area contributed by atoms with Crippen molar-refractivity contribution in [1.82, 2.24) is 0 Å². The average Bonchev–Trinajstić information content (AvgIpc) is 2.49. The number of amides is 2. The number of anilines is 2. The fourth-order valence-corrected chi connectivity index (χ4v) is 2.35. The lowest BCUT2D eigenvalue weighted by atomic mass is 9.86. The zero-order valence-corrected chi connectivity index (χ0v) is 14.3. The van der Waals surface area contributed by atoms with E-state index in [1.807, 2.05) is 39.8 Å². The molecule has 2 aromatic carbocycles.